The van der Waals surface area contributed by atoms with Crippen molar-refractivity contribution in [1.29, 1.82) is 0 Å². The summed E-state index contributed by atoms with van der Waals surface area (Å²) in [6, 6.07) is 14.2. The van der Waals surface area contributed by atoms with Gasteiger partial charge in [-0.25, -0.2) is 9.37 Å². The van der Waals surface area contributed by atoms with Crippen LogP contribution in [0.3, 0.4) is 0 Å². The number of nitrogens with one attached hydrogen (secondary N) is 2. The molecule has 0 saturated heterocycles. The van der Waals surface area contributed by atoms with E-state index >= 15 is 0 Å². The largest absolute Gasteiger partial charge is 0.396 e. The maximum atomic E-state index is 13.4. The lowest BCUT2D eigenvalue weighted by Crippen LogP contribution is -2.04. The van der Waals surface area contributed by atoms with E-state index in [1.54, 1.807) is 24.5 Å². The minimum Gasteiger partial charge on any atom is -0.396 e. The topological polar surface area (TPSA) is 73.8 Å². The quantitative estimate of drug-likeness (QED) is 0.412. The summed E-state index contributed by atoms with van der Waals surface area (Å²) in [6.45, 7) is 0.939. The molecule has 6 heteroatoms. The summed E-state index contributed by atoms with van der Waals surface area (Å²) in [5, 5.41) is 12.2. The summed E-state index contributed by atoms with van der Waals surface area (Å²) in [6.07, 6.45) is 5.15. The van der Waals surface area contributed by atoms with Gasteiger partial charge in [0, 0.05) is 36.7 Å². The van der Waals surface area contributed by atoms with Crippen LogP contribution >= 0.6 is 0 Å². The van der Waals surface area contributed by atoms with Gasteiger partial charge >= 0.3 is 0 Å². The molecule has 0 unspecified atom stereocenters. The third kappa shape index (κ3) is 3.73. The van der Waals surface area contributed by atoms with Crippen molar-refractivity contribution < 1.29 is 9.50 Å². The van der Waals surface area contributed by atoms with Gasteiger partial charge in [0.15, 0.2) is 0 Å². The van der Waals surface area contributed by atoms with E-state index in [-0.39, 0.29) is 12.4 Å². The first-order valence-electron chi connectivity index (χ1n) is 9.30. The highest BCUT2D eigenvalue weighted by Crippen LogP contribution is 2.37. The number of aromatic nitrogens is 3. The summed E-state index contributed by atoms with van der Waals surface area (Å²) in [5.41, 5.74) is 5.49. The number of H-pyrrole nitrogens is 1. The molecule has 3 heterocycles. The van der Waals surface area contributed by atoms with Gasteiger partial charge in [0.2, 0.25) is 0 Å². The molecule has 28 heavy (non-hydrogen) atoms. The van der Waals surface area contributed by atoms with Crippen molar-refractivity contribution in [2.75, 3.05) is 18.5 Å². The number of aliphatic hydroxyl groups is 1. The second kappa shape index (κ2) is 8.19. The number of aliphatic hydroxyl groups excluding tert-OH is 1. The molecule has 5 nitrogen and oxygen atoms in total. The Morgan fingerprint density at radius 2 is 1.82 bits per heavy atom. The Morgan fingerprint density at radius 3 is 2.64 bits per heavy atom. The van der Waals surface area contributed by atoms with Crippen molar-refractivity contribution in [3.63, 3.8) is 0 Å². The number of anilines is 1. The first-order valence-corrected chi connectivity index (χ1v) is 9.30. The van der Waals surface area contributed by atoms with Crippen molar-refractivity contribution in [1.82, 2.24) is 15.0 Å². The molecule has 0 amide bonds. The first kappa shape index (κ1) is 18.1. The monoisotopic (exact) mass is 376 g/mol. The number of benzene rings is 1. The Morgan fingerprint density at radius 1 is 0.964 bits per heavy atom. The van der Waals surface area contributed by atoms with E-state index in [9.17, 15) is 4.39 Å². The molecule has 0 radical (unpaired) electrons. The van der Waals surface area contributed by atoms with Crippen LogP contribution in [-0.4, -0.2) is 33.2 Å². The molecule has 0 aliphatic rings. The first-order chi connectivity index (χ1) is 13.8. The molecule has 4 aromatic rings. The summed E-state index contributed by atoms with van der Waals surface area (Å²) in [5.74, 6) is 0.503. The molecule has 0 bridgehead atoms. The van der Waals surface area contributed by atoms with Crippen LogP contribution in [0.25, 0.3) is 33.4 Å². The van der Waals surface area contributed by atoms with Crippen molar-refractivity contribution in [3.8, 4) is 22.4 Å². The summed E-state index contributed by atoms with van der Waals surface area (Å²) in [7, 11) is 0. The van der Waals surface area contributed by atoms with Crippen LogP contribution in [0.1, 0.15) is 12.8 Å². The second-order valence-electron chi connectivity index (χ2n) is 6.57. The van der Waals surface area contributed by atoms with Gasteiger partial charge in [-0.1, -0.05) is 12.1 Å². The molecule has 3 aromatic heterocycles. The Hall–Kier alpha value is -3.25. The molecule has 0 saturated carbocycles. The van der Waals surface area contributed by atoms with Gasteiger partial charge in [0.1, 0.15) is 11.6 Å². The smallest absolute Gasteiger partial charge is 0.126 e. The third-order valence-corrected chi connectivity index (χ3v) is 4.63. The number of hydrogen-bond acceptors (Lipinski definition) is 4. The highest BCUT2D eigenvalue weighted by Gasteiger charge is 2.16. The van der Waals surface area contributed by atoms with E-state index in [0.29, 0.717) is 0 Å². The standard InChI is InChI=1S/C22H21FN4O/c23-17-7-5-15(6-8-17)20-21(27-18-4-3-11-26-22(18)20)16-9-12-25-19(14-16)24-10-1-2-13-28/h3-9,11-12,14,27-28H,1-2,10,13H2,(H,24,25). The van der Waals surface area contributed by atoms with E-state index < -0.39 is 0 Å². The molecule has 142 valence electrons. The molecule has 0 fully saturated rings. The Balaban J connectivity index is 1.76. The van der Waals surface area contributed by atoms with Gasteiger partial charge in [-0.3, -0.25) is 4.98 Å². The molecule has 0 spiro atoms. The number of rotatable bonds is 7. The van der Waals surface area contributed by atoms with Gasteiger partial charge in [-0.2, -0.15) is 0 Å². The van der Waals surface area contributed by atoms with Gasteiger partial charge in [-0.05, 0) is 54.8 Å². The van der Waals surface area contributed by atoms with Crippen LogP contribution in [0, 0.1) is 5.82 Å². The van der Waals surface area contributed by atoms with E-state index in [0.717, 1.165) is 58.6 Å². The number of hydrogen-bond donors (Lipinski definition) is 3. The molecule has 3 N–H and O–H groups in total. The normalized spacial score (nSPS) is 11.1. The molecule has 0 aliphatic carbocycles. The maximum absolute atomic E-state index is 13.4. The lowest BCUT2D eigenvalue weighted by molar-refractivity contribution is 0.286. The number of aromatic amines is 1. The van der Waals surface area contributed by atoms with E-state index in [1.165, 1.54) is 12.1 Å². The van der Waals surface area contributed by atoms with Crippen molar-refractivity contribution in [3.05, 3.63) is 66.7 Å². The zero-order valence-corrected chi connectivity index (χ0v) is 15.3. The predicted octanol–water partition coefficient (Wildman–Crippen LogP) is 4.62. The van der Waals surface area contributed by atoms with Crippen molar-refractivity contribution in [2.24, 2.45) is 0 Å². The van der Waals surface area contributed by atoms with Gasteiger partial charge < -0.3 is 15.4 Å². The van der Waals surface area contributed by atoms with Crippen LogP contribution in [0.5, 0.6) is 0 Å². The minimum absolute atomic E-state index is 0.193. The summed E-state index contributed by atoms with van der Waals surface area (Å²) in [4.78, 5) is 12.4. The number of halogens is 1. The SMILES string of the molecule is OCCCCNc1cc(-c2[nH]c3cccnc3c2-c2ccc(F)cc2)ccn1. The van der Waals surface area contributed by atoms with Crippen LogP contribution in [0.4, 0.5) is 10.2 Å². The molecule has 1 aromatic carbocycles. The van der Waals surface area contributed by atoms with Crippen LogP contribution < -0.4 is 5.32 Å². The molecular weight excluding hydrogens is 355 g/mol. The Labute approximate surface area is 162 Å². The molecule has 0 atom stereocenters. The highest BCUT2D eigenvalue weighted by molar-refractivity contribution is 6.01. The van der Waals surface area contributed by atoms with Gasteiger partial charge in [0.25, 0.3) is 0 Å². The predicted molar refractivity (Wildman–Crippen MR) is 110 cm³/mol. The lowest BCUT2D eigenvalue weighted by Gasteiger charge is -2.09. The average Bonchev–Trinajstić information content (AvgIpc) is 3.12. The zero-order chi connectivity index (χ0) is 19.3. The fourth-order valence-electron chi connectivity index (χ4n) is 3.27. The Kier molecular flexibility index (Phi) is 5.30. The van der Waals surface area contributed by atoms with Gasteiger partial charge in [-0.15, -0.1) is 0 Å². The van der Waals surface area contributed by atoms with Crippen LogP contribution in [0.2, 0.25) is 0 Å². The number of fused-ring (bicyclic) bond motifs is 1. The van der Waals surface area contributed by atoms with E-state index in [2.05, 4.69) is 20.3 Å². The number of pyridine rings is 2. The summed E-state index contributed by atoms with van der Waals surface area (Å²) >= 11 is 0. The number of unbranched alkanes of at least 4 members (excludes halogenated alkanes) is 1. The fraction of sp³-hybridized carbons (Fsp3) is 0.182. The zero-order valence-electron chi connectivity index (χ0n) is 15.3. The van der Waals surface area contributed by atoms with Gasteiger partial charge in [0.05, 0.1) is 16.7 Å². The van der Waals surface area contributed by atoms with Crippen molar-refractivity contribution >= 4 is 16.9 Å². The second-order valence-corrected chi connectivity index (χ2v) is 6.57. The Bertz CT molecular complexity index is 1080. The maximum Gasteiger partial charge on any atom is 0.126 e. The molecule has 0 aliphatic heterocycles. The van der Waals surface area contributed by atoms with E-state index in [4.69, 9.17) is 5.11 Å². The molecular formula is C22H21FN4O. The highest BCUT2D eigenvalue weighted by atomic mass is 19.1. The van der Waals surface area contributed by atoms with Crippen LogP contribution in [0.15, 0.2) is 60.9 Å². The number of nitrogens with zero attached hydrogens (tertiary/aromatic N) is 2. The minimum atomic E-state index is -0.267. The fourth-order valence-corrected chi connectivity index (χ4v) is 3.27. The summed E-state index contributed by atoms with van der Waals surface area (Å²) < 4.78 is 13.4. The van der Waals surface area contributed by atoms with Crippen molar-refractivity contribution in [2.45, 2.75) is 12.8 Å². The van der Waals surface area contributed by atoms with Crippen LogP contribution in [-0.2, 0) is 0 Å². The average molecular weight is 376 g/mol. The molecule has 4 rings (SSSR count). The lowest BCUT2D eigenvalue weighted by atomic mass is 10.0. The third-order valence-electron chi connectivity index (χ3n) is 4.63. The van der Waals surface area contributed by atoms with E-state index in [1.807, 2.05) is 24.3 Å².